The Balaban J connectivity index is 1.27. The smallest absolute Gasteiger partial charge is 0.100 e. The molecule has 0 bridgehead atoms. The van der Waals surface area contributed by atoms with Crippen LogP contribution in [-0.4, -0.2) is 4.57 Å². The summed E-state index contributed by atoms with van der Waals surface area (Å²) in [6, 6.07) is 60.1. The van der Waals surface area contributed by atoms with Gasteiger partial charge in [0, 0.05) is 27.6 Å². The molecule has 0 fully saturated rings. The lowest BCUT2D eigenvalue weighted by molar-refractivity contribution is 1.18. The first-order chi connectivity index (χ1) is 25.2. The summed E-state index contributed by atoms with van der Waals surface area (Å²) in [6.07, 6.45) is 0. The second kappa shape index (κ2) is 11.9. The Labute approximate surface area is 294 Å². The molecule has 0 amide bonds. The molecular weight excluding hydrogens is 621 g/mol. The van der Waals surface area contributed by atoms with E-state index in [1.165, 1.54) is 0 Å². The third kappa shape index (κ3) is 4.58. The molecule has 0 radical (unpaired) electrons. The van der Waals surface area contributed by atoms with Gasteiger partial charge in [0.2, 0.25) is 0 Å². The molecule has 0 aliphatic carbocycles. The largest absolute Gasteiger partial charge is 0.309 e. The maximum atomic E-state index is 10.9. The quantitative estimate of drug-likeness (QED) is 0.179. The lowest BCUT2D eigenvalue weighted by atomic mass is 9.82. The van der Waals surface area contributed by atoms with Crippen molar-refractivity contribution in [3.05, 3.63) is 174 Å². The van der Waals surface area contributed by atoms with E-state index in [2.05, 4.69) is 95.6 Å². The standard InChI is InChI=1S/C47H26N4/c48-27-30-18-25-44-41(26-30)35-12-8-9-17-43(35)51(44)34-22-19-32(20-23-34)45-33(28-49)21-24-40(42(45)29-50)47-38-15-6-4-13-36(38)46(31-10-2-1-3-11-31)37-14-5-7-16-39(37)47/h1-26H. The second-order valence-corrected chi connectivity index (χ2v) is 12.6. The number of benzene rings is 8. The van der Waals surface area contributed by atoms with Crippen LogP contribution in [0.4, 0.5) is 0 Å². The van der Waals surface area contributed by atoms with Gasteiger partial charge >= 0.3 is 0 Å². The summed E-state index contributed by atoms with van der Waals surface area (Å²) < 4.78 is 2.19. The number of rotatable bonds is 4. The highest BCUT2D eigenvalue weighted by atomic mass is 15.0. The number of fused-ring (bicyclic) bond motifs is 5. The molecule has 0 saturated heterocycles. The van der Waals surface area contributed by atoms with E-state index in [9.17, 15) is 15.8 Å². The molecule has 1 heterocycles. The monoisotopic (exact) mass is 646 g/mol. The summed E-state index contributed by atoms with van der Waals surface area (Å²) in [7, 11) is 0. The Hall–Kier alpha value is -7.45. The molecule has 1 aromatic heterocycles. The van der Waals surface area contributed by atoms with Gasteiger partial charge in [-0.15, -0.1) is 0 Å². The summed E-state index contributed by atoms with van der Waals surface area (Å²) in [5, 5.41) is 37.2. The van der Waals surface area contributed by atoms with Crippen LogP contribution in [0.15, 0.2) is 158 Å². The zero-order valence-electron chi connectivity index (χ0n) is 27.3. The van der Waals surface area contributed by atoms with Crippen molar-refractivity contribution < 1.29 is 0 Å². The number of para-hydroxylation sites is 1. The summed E-state index contributed by atoms with van der Waals surface area (Å²) in [6.45, 7) is 0. The van der Waals surface area contributed by atoms with E-state index in [0.29, 0.717) is 22.3 Å². The Bertz CT molecular complexity index is 2930. The Morgan fingerprint density at radius 1 is 0.392 bits per heavy atom. The predicted octanol–water partition coefficient (Wildman–Crippen LogP) is 11.7. The highest BCUT2D eigenvalue weighted by Gasteiger charge is 2.22. The average Bonchev–Trinajstić information content (AvgIpc) is 3.53. The molecule has 0 spiro atoms. The Kier molecular flexibility index (Phi) is 6.93. The summed E-state index contributed by atoms with van der Waals surface area (Å²) in [5.41, 5.74) is 9.95. The molecule has 4 nitrogen and oxygen atoms in total. The Morgan fingerprint density at radius 3 is 1.59 bits per heavy atom. The van der Waals surface area contributed by atoms with Crippen LogP contribution in [0, 0.1) is 34.0 Å². The van der Waals surface area contributed by atoms with Crippen molar-refractivity contribution in [3.8, 4) is 57.3 Å². The number of hydrogen-bond donors (Lipinski definition) is 0. The maximum Gasteiger partial charge on any atom is 0.100 e. The fourth-order valence-electron chi connectivity index (χ4n) is 7.75. The summed E-state index contributed by atoms with van der Waals surface area (Å²) in [5.74, 6) is 0. The minimum atomic E-state index is 0.443. The minimum absolute atomic E-state index is 0.443. The van der Waals surface area contributed by atoms with E-state index in [1.54, 1.807) is 0 Å². The van der Waals surface area contributed by atoms with Gasteiger partial charge < -0.3 is 4.57 Å². The van der Waals surface area contributed by atoms with Crippen LogP contribution in [0.5, 0.6) is 0 Å². The zero-order chi connectivity index (χ0) is 34.5. The molecule has 0 aliphatic rings. The third-order valence-corrected chi connectivity index (χ3v) is 9.92. The molecule has 8 aromatic carbocycles. The number of hydrogen-bond acceptors (Lipinski definition) is 3. The molecule has 0 unspecified atom stereocenters. The average molecular weight is 647 g/mol. The van der Waals surface area contributed by atoms with Gasteiger partial charge in [-0.05, 0) is 86.3 Å². The topological polar surface area (TPSA) is 76.3 Å². The Morgan fingerprint density at radius 2 is 0.961 bits per heavy atom. The van der Waals surface area contributed by atoms with Gasteiger partial charge in [0.1, 0.15) is 6.07 Å². The van der Waals surface area contributed by atoms with E-state index in [1.807, 2.05) is 84.9 Å². The number of nitrogens with zero attached hydrogens (tertiary/aromatic N) is 4. The SMILES string of the molecule is N#Cc1ccc2c(c1)c1ccccc1n2-c1ccc(-c2c(C#N)ccc(-c3c4ccccc4c(-c4ccccc4)c4ccccc34)c2C#N)cc1. The van der Waals surface area contributed by atoms with Crippen LogP contribution in [0.2, 0.25) is 0 Å². The van der Waals surface area contributed by atoms with Crippen LogP contribution in [-0.2, 0) is 0 Å². The summed E-state index contributed by atoms with van der Waals surface area (Å²) in [4.78, 5) is 0. The zero-order valence-corrected chi connectivity index (χ0v) is 27.3. The molecule has 0 atom stereocenters. The predicted molar refractivity (Wildman–Crippen MR) is 206 cm³/mol. The van der Waals surface area contributed by atoms with Crippen molar-refractivity contribution in [1.29, 1.82) is 15.8 Å². The molecule has 0 saturated carbocycles. The molecular formula is C47H26N4. The van der Waals surface area contributed by atoms with Crippen molar-refractivity contribution >= 4 is 43.4 Å². The third-order valence-electron chi connectivity index (χ3n) is 9.92. The van der Waals surface area contributed by atoms with Crippen molar-refractivity contribution in [2.24, 2.45) is 0 Å². The van der Waals surface area contributed by atoms with Crippen LogP contribution in [0.3, 0.4) is 0 Å². The van der Waals surface area contributed by atoms with Crippen molar-refractivity contribution in [1.82, 2.24) is 4.57 Å². The van der Waals surface area contributed by atoms with E-state index >= 15 is 0 Å². The van der Waals surface area contributed by atoms with Crippen LogP contribution in [0.25, 0.3) is 82.4 Å². The normalized spacial score (nSPS) is 11.1. The van der Waals surface area contributed by atoms with Crippen molar-refractivity contribution in [2.45, 2.75) is 0 Å². The first-order valence-electron chi connectivity index (χ1n) is 16.7. The van der Waals surface area contributed by atoms with Crippen LogP contribution >= 0.6 is 0 Å². The lowest BCUT2D eigenvalue weighted by Gasteiger charge is -2.20. The van der Waals surface area contributed by atoms with Gasteiger partial charge in [-0.3, -0.25) is 0 Å². The molecule has 51 heavy (non-hydrogen) atoms. The van der Waals surface area contributed by atoms with Gasteiger partial charge in [-0.25, -0.2) is 0 Å². The number of nitriles is 3. The highest BCUT2D eigenvalue weighted by molar-refractivity contribution is 6.22. The first kappa shape index (κ1) is 29.7. The molecule has 9 aromatic rings. The maximum absolute atomic E-state index is 10.9. The van der Waals surface area contributed by atoms with E-state index < -0.39 is 0 Å². The van der Waals surface area contributed by atoms with Gasteiger partial charge in [0.25, 0.3) is 0 Å². The van der Waals surface area contributed by atoms with E-state index in [4.69, 9.17) is 0 Å². The van der Waals surface area contributed by atoms with Gasteiger partial charge in [-0.2, -0.15) is 15.8 Å². The van der Waals surface area contributed by atoms with Crippen molar-refractivity contribution in [3.63, 3.8) is 0 Å². The molecule has 9 rings (SSSR count). The minimum Gasteiger partial charge on any atom is -0.309 e. The van der Waals surface area contributed by atoms with Crippen LogP contribution in [0.1, 0.15) is 16.7 Å². The lowest BCUT2D eigenvalue weighted by Crippen LogP contribution is -1.98. The molecule has 0 aliphatic heterocycles. The fourth-order valence-corrected chi connectivity index (χ4v) is 7.75. The molecule has 0 N–H and O–H groups in total. The van der Waals surface area contributed by atoms with E-state index in [-0.39, 0.29) is 0 Å². The van der Waals surface area contributed by atoms with E-state index in [0.717, 1.165) is 76.9 Å². The van der Waals surface area contributed by atoms with Crippen LogP contribution < -0.4 is 0 Å². The summed E-state index contributed by atoms with van der Waals surface area (Å²) >= 11 is 0. The highest BCUT2D eigenvalue weighted by Crippen LogP contribution is 2.46. The molecule has 234 valence electrons. The van der Waals surface area contributed by atoms with Gasteiger partial charge in [0.05, 0.1) is 39.9 Å². The fraction of sp³-hybridized carbons (Fsp3) is 0. The second-order valence-electron chi connectivity index (χ2n) is 12.6. The van der Waals surface area contributed by atoms with Gasteiger partial charge in [0.15, 0.2) is 0 Å². The van der Waals surface area contributed by atoms with Gasteiger partial charge in [-0.1, -0.05) is 115 Å². The first-order valence-corrected chi connectivity index (χ1v) is 16.7. The molecule has 4 heteroatoms. The van der Waals surface area contributed by atoms with Crippen molar-refractivity contribution in [2.75, 3.05) is 0 Å². The number of aromatic nitrogens is 1.